The Labute approximate surface area is 97.2 Å². The lowest BCUT2D eigenvalue weighted by Crippen LogP contribution is -2.34. The Kier molecular flexibility index (Phi) is 3.06. The van der Waals surface area contributed by atoms with Gasteiger partial charge in [-0.3, -0.25) is 4.79 Å². The molecule has 1 unspecified atom stereocenters. The van der Waals surface area contributed by atoms with Crippen molar-refractivity contribution in [3.63, 3.8) is 0 Å². The van der Waals surface area contributed by atoms with E-state index in [9.17, 15) is 14.0 Å². The molecule has 1 aliphatic heterocycles. The maximum absolute atomic E-state index is 13.5. The summed E-state index contributed by atoms with van der Waals surface area (Å²) in [7, 11) is 1.42. The van der Waals surface area contributed by atoms with Crippen molar-refractivity contribution < 1.29 is 18.7 Å². The fourth-order valence-electron chi connectivity index (χ4n) is 1.67. The van der Waals surface area contributed by atoms with Crippen LogP contribution in [0.1, 0.15) is 0 Å². The molecule has 90 valence electrons. The lowest BCUT2D eigenvalue weighted by atomic mass is 10.2. The molecule has 0 aromatic heterocycles. The number of nitrogens with one attached hydrogen (secondary N) is 1. The minimum absolute atomic E-state index is 0.0476. The van der Waals surface area contributed by atoms with E-state index in [1.54, 1.807) is 6.07 Å². The van der Waals surface area contributed by atoms with Crippen molar-refractivity contribution in [2.45, 2.75) is 6.04 Å². The number of methoxy groups -OCH3 is 1. The Balaban J connectivity index is 2.31. The number of hydrogen-bond acceptors (Lipinski definition) is 3. The van der Waals surface area contributed by atoms with Crippen LogP contribution in [0.5, 0.6) is 0 Å². The van der Waals surface area contributed by atoms with Gasteiger partial charge in [-0.15, -0.1) is 0 Å². The second-order valence-corrected chi connectivity index (χ2v) is 3.58. The summed E-state index contributed by atoms with van der Waals surface area (Å²) in [5, 5.41) is 2.43. The first-order chi connectivity index (χ1) is 8.15. The summed E-state index contributed by atoms with van der Waals surface area (Å²) >= 11 is 0. The average Bonchev–Trinajstić information content (AvgIpc) is 2.57. The van der Waals surface area contributed by atoms with E-state index in [4.69, 9.17) is 4.74 Å². The monoisotopic (exact) mass is 238 g/mol. The second kappa shape index (κ2) is 4.50. The third kappa shape index (κ3) is 1.99. The summed E-state index contributed by atoms with van der Waals surface area (Å²) in [6.07, 6.45) is 0. The van der Waals surface area contributed by atoms with Crippen LogP contribution in [-0.2, 0) is 9.53 Å². The number of carbonyl (C=O) groups is 2. The highest BCUT2D eigenvalue weighted by atomic mass is 19.1. The number of hydrogen-bond donors (Lipinski definition) is 1. The van der Waals surface area contributed by atoms with Crippen molar-refractivity contribution in [1.29, 1.82) is 0 Å². The number of imide groups is 1. The highest BCUT2D eigenvalue weighted by Gasteiger charge is 2.39. The van der Waals surface area contributed by atoms with Gasteiger partial charge in [0.05, 0.1) is 12.3 Å². The Hall–Kier alpha value is -1.95. The lowest BCUT2D eigenvalue weighted by molar-refractivity contribution is -0.119. The largest absolute Gasteiger partial charge is 0.382 e. The van der Waals surface area contributed by atoms with Gasteiger partial charge in [0.2, 0.25) is 0 Å². The number of rotatable bonds is 3. The molecule has 1 heterocycles. The molecule has 0 bridgehead atoms. The van der Waals surface area contributed by atoms with Crippen LogP contribution in [0, 0.1) is 5.82 Å². The summed E-state index contributed by atoms with van der Waals surface area (Å²) in [6, 6.07) is 4.22. The maximum atomic E-state index is 13.5. The smallest absolute Gasteiger partial charge is 0.329 e. The van der Waals surface area contributed by atoms with Crippen LogP contribution < -0.4 is 10.2 Å². The number of urea groups is 1. The molecule has 6 heteroatoms. The molecule has 1 saturated heterocycles. The van der Waals surface area contributed by atoms with Crippen molar-refractivity contribution in [3.8, 4) is 0 Å². The van der Waals surface area contributed by atoms with Crippen molar-refractivity contribution in [1.82, 2.24) is 5.32 Å². The van der Waals surface area contributed by atoms with Gasteiger partial charge in [-0.1, -0.05) is 12.1 Å². The van der Waals surface area contributed by atoms with E-state index in [2.05, 4.69) is 5.32 Å². The number of benzene rings is 1. The molecular weight excluding hydrogens is 227 g/mol. The predicted octanol–water partition coefficient (Wildman–Crippen LogP) is 0.897. The van der Waals surface area contributed by atoms with E-state index in [0.717, 1.165) is 4.90 Å². The normalized spacial score (nSPS) is 19.6. The second-order valence-electron chi connectivity index (χ2n) is 3.58. The van der Waals surface area contributed by atoms with Crippen molar-refractivity contribution >= 4 is 17.6 Å². The molecular formula is C11H11FN2O3. The molecule has 0 aliphatic carbocycles. The van der Waals surface area contributed by atoms with Crippen molar-refractivity contribution in [2.75, 3.05) is 18.6 Å². The van der Waals surface area contributed by atoms with Crippen LogP contribution in [0.15, 0.2) is 24.3 Å². The average molecular weight is 238 g/mol. The van der Waals surface area contributed by atoms with E-state index < -0.39 is 23.8 Å². The lowest BCUT2D eigenvalue weighted by Gasteiger charge is -2.13. The first-order valence-electron chi connectivity index (χ1n) is 5.03. The summed E-state index contributed by atoms with van der Waals surface area (Å²) in [4.78, 5) is 24.2. The van der Waals surface area contributed by atoms with Gasteiger partial charge in [-0.25, -0.2) is 14.1 Å². The summed E-state index contributed by atoms with van der Waals surface area (Å²) in [5.41, 5.74) is -0.0476. The van der Waals surface area contributed by atoms with Gasteiger partial charge in [0.1, 0.15) is 11.9 Å². The first kappa shape index (κ1) is 11.5. The Morgan fingerprint density at radius 3 is 2.76 bits per heavy atom. The molecule has 1 fully saturated rings. The van der Waals surface area contributed by atoms with Gasteiger partial charge in [0, 0.05) is 7.11 Å². The van der Waals surface area contributed by atoms with E-state index in [1.165, 1.54) is 25.3 Å². The molecule has 2 rings (SSSR count). The number of carbonyl (C=O) groups excluding carboxylic acids is 2. The van der Waals surface area contributed by atoms with Crippen LogP contribution in [0.25, 0.3) is 0 Å². The van der Waals surface area contributed by atoms with Crippen LogP contribution >= 0.6 is 0 Å². The summed E-state index contributed by atoms with van der Waals surface area (Å²) in [6.45, 7) is 0.0650. The van der Waals surface area contributed by atoms with Crippen molar-refractivity contribution in [2.24, 2.45) is 0 Å². The minimum Gasteiger partial charge on any atom is -0.382 e. The van der Waals surface area contributed by atoms with Gasteiger partial charge in [-0.05, 0) is 12.1 Å². The first-order valence-corrected chi connectivity index (χ1v) is 5.03. The molecule has 1 aliphatic rings. The standard InChI is InChI=1S/C11H11FN2O3/c1-17-6-8-10(15)14(11(16)13-8)9-5-3-2-4-7(9)12/h2-5,8H,6H2,1H3,(H,13,16). The van der Waals surface area contributed by atoms with Crippen LogP contribution in [0.2, 0.25) is 0 Å². The van der Waals surface area contributed by atoms with Gasteiger partial charge < -0.3 is 10.1 Å². The van der Waals surface area contributed by atoms with E-state index >= 15 is 0 Å². The number of nitrogens with zero attached hydrogens (tertiary/aromatic N) is 1. The molecule has 1 aromatic carbocycles. The third-order valence-electron chi connectivity index (χ3n) is 2.45. The third-order valence-corrected chi connectivity index (χ3v) is 2.45. The quantitative estimate of drug-likeness (QED) is 0.796. The Bertz CT molecular complexity index is 464. The number of ether oxygens (including phenoxy) is 1. The zero-order chi connectivity index (χ0) is 12.4. The van der Waals surface area contributed by atoms with Gasteiger partial charge >= 0.3 is 6.03 Å². The molecule has 1 aromatic rings. The molecule has 0 spiro atoms. The van der Waals surface area contributed by atoms with E-state index in [0.29, 0.717) is 0 Å². The molecule has 17 heavy (non-hydrogen) atoms. The number of anilines is 1. The van der Waals surface area contributed by atoms with E-state index in [1.807, 2.05) is 0 Å². The predicted molar refractivity (Wildman–Crippen MR) is 58.1 cm³/mol. The van der Waals surface area contributed by atoms with Crippen LogP contribution in [0.3, 0.4) is 0 Å². The molecule has 3 amide bonds. The molecule has 1 N–H and O–H groups in total. The number of halogens is 1. The topological polar surface area (TPSA) is 58.6 Å². The van der Waals surface area contributed by atoms with Gasteiger partial charge in [-0.2, -0.15) is 0 Å². The number of para-hydroxylation sites is 1. The van der Waals surface area contributed by atoms with E-state index in [-0.39, 0.29) is 12.3 Å². The van der Waals surface area contributed by atoms with Gasteiger partial charge in [0.15, 0.2) is 0 Å². The fraction of sp³-hybridized carbons (Fsp3) is 0.273. The van der Waals surface area contributed by atoms with Crippen molar-refractivity contribution in [3.05, 3.63) is 30.1 Å². The molecule has 0 radical (unpaired) electrons. The Morgan fingerprint density at radius 2 is 2.12 bits per heavy atom. The summed E-state index contributed by atoms with van der Waals surface area (Å²) < 4.78 is 18.3. The van der Waals surface area contributed by atoms with Crippen LogP contribution in [0.4, 0.5) is 14.9 Å². The SMILES string of the molecule is COCC1NC(=O)N(c2ccccc2F)C1=O. The minimum atomic E-state index is -0.757. The summed E-state index contributed by atoms with van der Waals surface area (Å²) in [5.74, 6) is -1.13. The Morgan fingerprint density at radius 1 is 1.41 bits per heavy atom. The molecule has 1 atom stereocenters. The fourth-order valence-corrected chi connectivity index (χ4v) is 1.67. The number of amides is 3. The molecule has 0 saturated carbocycles. The highest BCUT2D eigenvalue weighted by molar-refractivity contribution is 6.21. The van der Waals surface area contributed by atoms with Gasteiger partial charge in [0.25, 0.3) is 5.91 Å². The highest BCUT2D eigenvalue weighted by Crippen LogP contribution is 2.22. The maximum Gasteiger partial charge on any atom is 0.329 e. The zero-order valence-corrected chi connectivity index (χ0v) is 9.14. The van der Waals surface area contributed by atoms with Crippen LogP contribution in [-0.4, -0.2) is 31.7 Å². The molecule has 5 nitrogen and oxygen atoms in total. The zero-order valence-electron chi connectivity index (χ0n) is 9.14.